The highest BCUT2D eigenvalue weighted by Crippen LogP contribution is 2.28. The monoisotopic (exact) mass is 259 g/mol. The van der Waals surface area contributed by atoms with E-state index in [1.807, 2.05) is 12.1 Å². The molecule has 1 atom stereocenters. The first-order chi connectivity index (χ1) is 8.48. The maximum atomic E-state index is 12.2. The summed E-state index contributed by atoms with van der Waals surface area (Å²) in [5, 5.41) is 11.7. The molecule has 0 bridgehead atoms. The van der Waals surface area contributed by atoms with Gasteiger partial charge in [0, 0.05) is 12.2 Å². The zero-order valence-corrected chi connectivity index (χ0v) is 9.93. The standard InChI is InChI=1S/C13H16F3NO/c14-13(15,16)12(18)8-17-11-7-3-5-9-4-1-2-6-10(9)11/h3,5,7,12,17-18H,1-2,4,6,8H2. The largest absolute Gasteiger partial charge is 0.416 e. The summed E-state index contributed by atoms with van der Waals surface area (Å²) in [5.74, 6) is 0. The molecule has 0 saturated carbocycles. The molecule has 0 aromatic heterocycles. The first-order valence-corrected chi connectivity index (χ1v) is 6.08. The molecule has 1 aliphatic carbocycles. The summed E-state index contributed by atoms with van der Waals surface area (Å²) in [4.78, 5) is 0. The van der Waals surface area contributed by atoms with E-state index in [0.29, 0.717) is 0 Å². The molecule has 100 valence electrons. The summed E-state index contributed by atoms with van der Waals surface area (Å²) < 4.78 is 36.6. The van der Waals surface area contributed by atoms with Gasteiger partial charge in [0.25, 0.3) is 0 Å². The molecule has 0 aliphatic heterocycles. The Kier molecular flexibility index (Phi) is 3.80. The molecule has 2 rings (SSSR count). The van der Waals surface area contributed by atoms with E-state index >= 15 is 0 Å². The van der Waals surface area contributed by atoms with Crippen molar-refractivity contribution in [3.05, 3.63) is 29.3 Å². The second-order valence-electron chi connectivity index (χ2n) is 4.59. The summed E-state index contributed by atoms with van der Waals surface area (Å²) in [6, 6.07) is 5.62. The van der Waals surface area contributed by atoms with Gasteiger partial charge in [0.05, 0.1) is 0 Å². The van der Waals surface area contributed by atoms with E-state index in [4.69, 9.17) is 5.11 Å². The van der Waals surface area contributed by atoms with E-state index in [1.54, 1.807) is 6.07 Å². The molecule has 1 aliphatic rings. The van der Waals surface area contributed by atoms with Gasteiger partial charge < -0.3 is 10.4 Å². The molecule has 18 heavy (non-hydrogen) atoms. The zero-order chi connectivity index (χ0) is 13.2. The van der Waals surface area contributed by atoms with Crippen LogP contribution in [0.2, 0.25) is 0 Å². The van der Waals surface area contributed by atoms with E-state index < -0.39 is 18.8 Å². The van der Waals surface area contributed by atoms with Gasteiger partial charge >= 0.3 is 6.18 Å². The van der Waals surface area contributed by atoms with Gasteiger partial charge in [-0.3, -0.25) is 0 Å². The number of nitrogens with one attached hydrogen (secondary N) is 1. The second-order valence-corrected chi connectivity index (χ2v) is 4.59. The third kappa shape index (κ3) is 2.96. The number of aryl methyl sites for hydroxylation is 1. The lowest BCUT2D eigenvalue weighted by atomic mass is 9.90. The van der Waals surface area contributed by atoms with Crippen LogP contribution in [0.15, 0.2) is 18.2 Å². The third-order valence-electron chi connectivity index (χ3n) is 3.26. The lowest BCUT2D eigenvalue weighted by molar-refractivity contribution is -0.198. The van der Waals surface area contributed by atoms with E-state index in [9.17, 15) is 13.2 Å². The van der Waals surface area contributed by atoms with E-state index in [2.05, 4.69) is 5.32 Å². The Balaban J connectivity index is 2.06. The van der Waals surface area contributed by atoms with Crippen LogP contribution in [0.1, 0.15) is 24.0 Å². The predicted octanol–water partition coefficient (Wildman–Crippen LogP) is 2.90. The molecule has 1 aromatic rings. The predicted molar refractivity (Wildman–Crippen MR) is 63.6 cm³/mol. The normalized spacial score (nSPS) is 17.1. The minimum absolute atomic E-state index is 0.500. The minimum atomic E-state index is -4.57. The molecular formula is C13H16F3NO. The maximum Gasteiger partial charge on any atom is 0.416 e. The van der Waals surface area contributed by atoms with E-state index in [0.717, 1.165) is 36.9 Å². The Morgan fingerprint density at radius 2 is 1.94 bits per heavy atom. The molecule has 2 nitrogen and oxygen atoms in total. The first kappa shape index (κ1) is 13.2. The third-order valence-corrected chi connectivity index (χ3v) is 3.26. The number of fused-ring (bicyclic) bond motifs is 1. The topological polar surface area (TPSA) is 32.3 Å². The van der Waals surface area contributed by atoms with Crippen molar-refractivity contribution in [2.45, 2.75) is 38.0 Å². The highest BCUT2D eigenvalue weighted by atomic mass is 19.4. The Bertz CT molecular complexity index is 417. The Hall–Kier alpha value is -1.23. The molecule has 0 saturated heterocycles. The molecule has 0 radical (unpaired) electrons. The van der Waals surface area contributed by atoms with E-state index in [1.165, 1.54) is 5.56 Å². The van der Waals surface area contributed by atoms with Crippen molar-refractivity contribution >= 4 is 5.69 Å². The van der Waals surface area contributed by atoms with Crippen molar-refractivity contribution < 1.29 is 18.3 Å². The number of alkyl halides is 3. The zero-order valence-electron chi connectivity index (χ0n) is 9.93. The number of aliphatic hydroxyl groups excluding tert-OH is 1. The molecule has 0 amide bonds. The average Bonchev–Trinajstić information content (AvgIpc) is 2.34. The molecule has 1 unspecified atom stereocenters. The van der Waals surface area contributed by atoms with Gasteiger partial charge in [-0.05, 0) is 42.9 Å². The van der Waals surface area contributed by atoms with Gasteiger partial charge in [-0.1, -0.05) is 12.1 Å². The molecule has 1 aromatic carbocycles. The second kappa shape index (κ2) is 5.18. The van der Waals surface area contributed by atoms with Crippen molar-refractivity contribution in [3.63, 3.8) is 0 Å². The van der Waals surface area contributed by atoms with Crippen LogP contribution in [0.4, 0.5) is 18.9 Å². The Labute approximate surface area is 104 Å². The van der Waals surface area contributed by atoms with Crippen LogP contribution >= 0.6 is 0 Å². The molecular weight excluding hydrogens is 243 g/mol. The summed E-state index contributed by atoms with van der Waals surface area (Å²) in [5.41, 5.74) is 3.02. The number of benzene rings is 1. The molecule has 0 fully saturated rings. The van der Waals surface area contributed by atoms with Gasteiger partial charge in [0.2, 0.25) is 0 Å². The van der Waals surface area contributed by atoms with E-state index in [-0.39, 0.29) is 0 Å². The van der Waals surface area contributed by atoms with Crippen LogP contribution in [0, 0.1) is 0 Å². The average molecular weight is 259 g/mol. The van der Waals surface area contributed by atoms with Crippen LogP contribution in [0.3, 0.4) is 0 Å². The number of hydrogen-bond acceptors (Lipinski definition) is 2. The van der Waals surface area contributed by atoms with Crippen LogP contribution in [0.5, 0.6) is 0 Å². The maximum absolute atomic E-state index is 12.2. The van der Waals surface area contributed by atoms with Crippen molar-refractivity contribution in [2.24, 2.45) is 0 Å². The number of hydrogen-bond donors (Lipinski definition) is 2. The fourth-order valence-corrected chi connectivity index (χ4v) is 2.27. The van der Waals surface area contributed by atoms with Crippen LogP contribution < -0.4 is 5.32 Å². The number of aliphatic hydroxyl groups is 1. The van der Waals surface area contributed by atoms with Gasteiger partial charge in [0.1, 0.15) is 0 Å². The lowest BCUT2D eigenvalue weighted by Crippen LogP contribution is -2.35. The minimum Gasteiger partial charge on any atom is -0.382 e. The van der Waals surface area contributed by atoms with Crippen molar-refractivity contribution in [1.29, 1.82) is 0 Å². The summed E-state index contributed by atoms with van der Waals surface area (Å²) in [6.07, 6.45) is -2.83. The fraction of sp³-hybridized carbons (Fsp3) is 0.538. The summed E-state index contributed by atoms with van der Waals surface area (Å²) in [7, 11) is 0. The molecule has 0 spiro atoms. The number of halogens is 3. The molecule has 5 heteroatoms. The molecule has 2 N–H and O–H groups in total. The van der Waals surface area contributed by atoms with Crippen molar-refractivity contribution in [3.8, 4) is 0 Å². The molecule has 0 heterocycles. The quantitative estimate of drug-likeness (QED) is 0.874. The smallest absolute Gasteiger partial charge is 0.382 e. The fourth-order valence-electron chi connectivity index (χ4n) is 2.27. The lowest BCUT2D eigenvalue weighted by Gasteiger charge is -2.22. The van der Waals surface area contributed by atoms with Gasteiger partial charge in [-0.15, -0.1) is 0 Å². The summed E-state index contributed by atoms with van der Waals surface area (Å²) >= 11 is 0. The SMILES string of the molecule is OC(CNc1cccc2c1CCCC2)C(F)(F)F. The van der Waals surface area contributed by atoms with Crippen LogP contribution in [0.25, 0.3) is 0 Å². The number of rotatable bonds is 3. The first-order valence-electron chi connectivity index (χ1n) is 6.08. The Morgan fingerprint density at radius 3 is 2.67 bits per heavy atom. The van der Waals surface area contributed by atoms with Gasteiger partial charge in [0.15, 0.2) is 6.10 Å². The van der Waals surface area contributed by atoms with Crippen LogP contribution in [-0.4, -0.2) is 23.9 Å². The highest BCUT2D eigenvalue weighted by Gasteiger charge is 2.37. The highest BCUT2D eigenvalue weighted by molar-refractivity contribution is 5.55. The van der Waals surface area contributed by atoms with Crippen molar-refractivity contribution in [1.82, 2.24) is 0 Å². The van der Waals surface area contributed by atoms with Gasteiger partial charge in [-0.2, -0.15) is 13.2 Å². The van der Waals surface area contributed by atoms with Crippen LogP contribution in [-0.2, 0) is 12.8 Å². The summed E-state index contributed by atoms with van der Waals surface area (Å²) in [6.45, 7) is -0.500. The Morgan fingerprint density at radius 1 is 1.22 bits per heavy atom. The van der Waals surface area contributed by atoms with Gasteiger partial charge in [-0.25, -0.2) is 0 Å². The van der Waals surface area contributed by atoms with Crippen molar-refractivity contribution in [2.75, 3.05) is 11.9 Å². The number of anilines is 1.